The van der Waals surface area contributed by atoms with Crippen molar-refractivity contribution in [2.75, 3.05) is 13.1 Å². The van der Waals surface area contributed by atoms with E-state index in [9.17, 15) is 5.11 Å². The lowest BCUT2D eigenvalue weighted by Crippen LogP contribution is -2.29. The van der Waals surface area contributed by atoms with E-state index in [1.54, 1.807) is 0 Å². The normalized spacial score (nSPS) is 28.3. The maximum absolute atomic E-state index is 10.00. The second-order valence-corrected chi connectivity index (χ2v) is 5.81. The van der Waals surface area contributed by atoms with Crippen LogP contribution in [0.3, 0.4) is 0 Å². The van der Waals surface area contributed by atoms with Gasteiger partial charge in [0.1, 0.15) is 5.75 Å². The van der Waals surface area contributed by atoms with Crippen LogP contribution >= 0.6 is 0 Å². The number of rotatable bonds is 2. The van der Waals surface area contributed by atoms with Gasteiger partial charge < -0.3 is 5.11 Å². The van der Waals surface area contributed by atoms with Gasteiger partial charge >= 0.3 is 0 Å². The van der Waals surface area contributed by atoms with Gasteiger partial charge in [0, 0.05) is 12.6 Å². The molecule has 3 rings (SSSR count). The number of phenols is 1. The number of benzene rings is 1. The van der Waals surface area contributed by atoms with Gasteiger partial charge in [0.25, 0.3) is 0 Å². The summed E-state index contributed by atoms with van der Waals surface area (Å²) < 4.78 is 0. The van der Waals surface area contributed by atoms with Crippen LogP contribution in [0.1, 0.15) is 49.8 Å². The van der Waals surface area contributed by atoms with Gasteiger partial charge in [-0.1, -0.05) is 25.5 Å². The first-order valence-electron chi connectivity index (χ1n) is 7.34. The van der Waals surface area contributed by atoms with Crippen LogP contribution in [-0.4, -0.2) is 23.1 Å². The van der Waals surface area contributed by atoms with Gasteiger partial charge in [-0.2, -0.15) is 0 Å². The third-order valence-corrected chi connectivity index (χ3v) is 4.79. The molecule has 0 aromatic heterocycles. The molecule has 1 aromatic carbocycles. The van der Waals surface area contributed by atoms with E-state index in [0.717, 1.165) is 12.3 Å². The zero-order valence-electron chi connectivity index (χ0n) is 11.2. The van der Waals surface area contributed by atoms with E-state index in [0.29, 0.717) is 11.8 Å². The van der Waals surface area contributed by atoms with Crippen molar-refractivity contribution in [2.45, 2.75) is 45.1 Å². The van der Waals surface area contributed by atoms with Crippen molar-refractivity contribution in [1.82, 2.24) is 4.90 Å². The molecule has 0 amide bonds. The molecule has 98 valence electrons. The Morgan fingerprint density at radius 2 is 2.22 bits per heavy atom. The van der Waals surface area contributed by atoms with Gasteiger partial charge in [0.2, 0.25) is 0 Å². The van der Waals surface area contributed by atoms with Crippen molar-refractivity contribution in [3.05, 3.63) is 29.3 Å². The zero-order chi connectivity index (χ0) is 12.5. The summed E-state index contributed by atoms with van der Waals surface area (Å²) >= 11 is 0. The molecule has 2 aliphatic rings. The summed E-state index contributed by atoms with van der Waals surface area (Å²) in [6.45, 7) is 4.78. The third kappa shape index (κ3) is 2.03. The van der Waals surface area contributed by atoms with Gasteiger partial charge in [0.15, 0.2) is 0 Å². The molecular weight excluding hydrogens is 222 g/mol. The van der Waals surface area contributed by atoms with Crippen LogP contribution in [-0.2, 0) is 6.42 Å². The highest BCUT2D eigenvalue weighted by Crippen LogP contribution is 2.40. The summed E-state index contributed by atoms with van der Waals surface area (Å²) in [6, 6.07) is 6.61. The number of aromatic hydroxyl groups is 1. The second-order valence-electron chi connectivity index (χ2n) is 5.81. The van der Waals surface area contributed by atoms with Crippen LogP contribution in [0.2, 0.25) is 0 Å². The molecule has 0 radical (unpaired) electrons. The molecule has 1 aliphatic carbocycles. The number of hydrogen-bond donors (Lipinski definition) is 1. The lowest BCUT2D eigenvalue weighted by Gasteiger charge is -2.33. The average Bonchev–Trinajstić information content (AvgIpc) is 2.87. The first kappa shape index (κ1) is 12.0. The predicted octanol–water partition coefficient (Wildman–Crippen LogP) is 3.50. The van der Waals surface area contributed by atoms with Crippen LogP contribution in [0.5, 0.6) is 5.75 Å². The Labute approximate surface area is 110 Å². The Bertz CT molecular complexity index is 429. The Morgan fingerprint density at radius 3 is 3.00 bits per heavy atom. The van der Waals surface area contributed by atoms with Gasteiger partial charge in [-0.3, -0.25) is 4.90 Å². The number of phenolic OH excluding ortho intramolecular Hbond substituents is 1. The fraction of sp³-hybridized carbons (Fsp3) is 0.625. The van der Waals surface area contributed by atoms with Crippen LogP contribution in [0.4, 0.5) is 0 Å². The van der Waals surface area contributed by atoms with E-state index in [1.807, 2.05) is 12.1 Å². The Balaban J connectivity index is 1.86. The first-order valence-corrected chi connectivity index (χ1v) is 7.34. The Hall–Kier alpha value is -1.02. The van der Waals surface area contributed by atoms with Crippen molar-refractivity contribution in [1.29, 1.82) is 0 Å². The monoisotopic (exact) mass is 245 g/mol. The molecule has 0 spiro atoms. The Morgan fingerprint density at radius 1 is 1.33 bits per heavy atom. The lowest BCUT2D eigenvalue weighted by molar-refractivity contribution is 0.212. The minimum Gasteiger partial charge on any atom is -0.508 e. The number of hydrogen-bond acceptors (Lipinski definition) is 2. The second kappa shape index (κ2) is 4.93. The molecule has 0 bridgehead atoms. The molecule has 2 atom stereocenters. The topological polar surface area (TPSA) is 23.5 Å². The Kier molecular flexibility index (Phi) is 3.29. The van der Waals surface area contributed by atoms with E-state index >= 15 is 0 Å². The van der Waals surface area contributed by atoms with Crippen molar-refractivity contribution >= 4 is 0 Å². The molecule has 2 heteroatoms. The van der Waals surface area contributed by atoms with Crippen molar-refractivity contribution in [3.8, 4) is 5.75 Å². The van der Waals surface area contributed by atoms with Crippen LogP contribution in [0.25, 0.3) is 0 Å². The highest BCUT2D eigenvalue weighted by Gasteiger charge is 2.31. The van der Waals surface area contributed by atoms with Crippen LogP contribution in [0.15, 0.2) is 18.2 Å². The predicted molar refractivity (Wildman–Crippen MR) is 73.8 cm³/mol. The molecule has 1 N–H and O–H groups in total. The van der Waals surface area contributed by atoms with Crippen molar-refractivity contribution in [3.63, 3.8) is 0 Å². The maximum Gasteiger partial charge on any atom is 0.119 e. The van der Waals surface area contributed by atoms with E-state index in [1.165, 1.54) is 49.9 Å². The van der Waals surface area contributed by atoms with Crippen LogP contribution < -0.4 is 0 Å². The van der Waals surface area contributed by atoms with E-state index in [2.05, 4.69) is 17.9 Å². The molecule has 2 nitrogen and oxygen atoms in total. The fourth-order valence-corrected chi connectivity index (χ4v) is 3.66. The number of fused-ring (bicyclic) bond motifs is 1. The third-order valence-electron chi connectivity index (χ3n) is 4.79. The van der Waals surface area contributed by atoms with Gasteiger partial charge in [-0.25, -0.2) is 0 Å². The summed E-state index contributed by atoms with van der Waals surface area (Å²) in [5.41, 5.74) is 2.59. The molecule has 0 saturated carbocycles. The molecule has 1 heterocycles. The highest BCUT2D eigenvalue weighted by molar-refractivity contribution is 5.42. The summed E-state index contributed by atoms with van der Waals surface area (Å²) in [4.78, 5) is 2.64. The van der Waals surface area contributed by atoms with Gasteiger partial charge in [-0.05, 0) is 55.3 Å². The lowest BCUT2D eigenvalue weighted by atomic mass is 9.86. The molecule has 1 aliphatic heterocycles. The minimum atomic E-state index is 0.503. The molecular formula is C16H23NO. The maximum atomic E-state index is 10.00. The zero-order valence-corrected chi connectivity index (χ0v) is 11.2. The van der Waals surface area contributed by atoms with Crippen molar-refractivity contribution in [2.24, 2.45) is 5.92 Å². The first-order chi connectivity index (χ1) is 8.79. The number of likely N-dealkylation sites (tertiary alicyclic amines) is 1. The SMILES string of the molecule is CCC1CCN(C2CCCc3c(O)cccc32)C1. The molecule has 1 saturated heterocycles. The van der Waals surface area contributed by atoms with Crippen molar-refractivity contribution < 1.29 is 5.11 Å². The average molecular weight is 245 g/mol. The largest absolute Gasteiger partial charge is 0.508 e. The minimum absolute atomic E-state index is 0.503. The molecule has 18 heavy (non-hydrogen) atoms. The molecule has 2 unspecified atom stereocenters. The quantitative estimate of drug-likeness (QED) is 0.862. The molecule has 1 fully saturated rings. The number of nitrogens with zero attached hydrogens (tertiary/aromatic N) is 1. The van der Waals surface area contributed by atoms with E-state index in [4.69, 9.17) is 0 Å². The fourth-order valence-electron chi connectivity index (χ4n) is 3.66. The molecule has 1 aromatic rings. The summed E-state index contributed by atoms with van der Waals surface area (Å²) in [7, 11) is 0. The van der Waals surface area contributed by atoms with E-state index < -0.39 is 0 Å². The standard InChI is InChI=1S/C16H23NO/c1-2-12-9-10-17(11-12)15-7-3-6-14-13(15)5-4-8-16(14)18/h4-5,8,12,15,18H,2-3,6-7,9-11H2,1H3. The summed E-state index contributed by atoms with van der Waals surface area (Å²) in [5.74, 6) is 1.39. The van der Waals surface area contributed by atoms with Crippen LogP contribution in [0, 0.1) is 5.92 Å². The summed E-state index contributed by atoms with van der Waals surface area (Å²) in [5, 5.41) is 10.00. The van der Waals surface area contributed by atoms with E-state index in [-0.39, 0.29) is 0 Å². The van der Waals surface area contributed by atoms with Gasteiger partial charge in [0.05, 0.1) is 0 Å². The smallest absolute Gasteiger partial charge is 0.119 e. The van der Waals surface area contributed by atoms with Gasteiger partial charge in [-0.15, -0.1) is 0 Å². The highest BCUT2D eigenvalue weighted by atomic mass is 16.3. The summed E-state index contributed by atoms with van der Waals surface area (Å²) in [6.07, 6.45) is 6.16.